The minimum absolute atomic E-state index is 0.203. The fourth-order valence-electron chi connectivity index (χ4n) is 1.28. The zero-order valence-electron chi connectivity index (χ0n) is 7.49. The van der Waals surface area contributed by atoms with Gasteiger partial charge in [0.2, 0.25) is 13.5 Å². The summed E-state index contributed by atoms with van der Waals surface area (Å²) in [5.74, 6) is 0.517. The minimum Gasteiger partial charge on any atom is -0.354 e. The van der Waals surface area contributed by atoms with Crippen LogP contribution in [0.25, 0.3) is 10.9 Å². The first-order valence-electron chi connectivity index (χ1n) is 4.03. The van der Waals surface area contributed by atoms with Gasteiger partial charge in [0, 0.05) is 3.57 Å². The second-order valence-electron chi connectivity index (χ2n) is 3.00. The molecular formula is C9H6BIN2O. The maximum Gasteiger partial charge on any atom is 0.248 e. The molecule has 0 saturated heterocycles. The number of rotatable bonds is 0. The highest BCUT2D eigenvalue weighted by molar-refractivity contribution is 14.1. The van der Waals surface area contributed by atoms with Crippen molar-refractivity contribution in [3.63, 3.8) is 0 Å². The first kappa shape index (κ1) is 9.70. The minimum atomic E-state index is -0.203. The van der Waals surface area contributed by atoms with Gasteiger partial charge in [0.15, 0.2) is 0 Å². The van der Waals surface area contributed by atoms with Crippen molar-refractivity contribution < 1.29 is 0 Å². The van der Waals surface area contributed by atoms with E-state index in [1.54, 1.807) is 13.0 Å². The van der Waals surface area contributed by atoms with Gasteiger partial charge in [-0.25, -0.2) is 4.98 Å². The largest absolute Gasteiger partial charge is 0.354 e. The van der Waals surface area contributed by atoms with Crippen molar-refractivity contribution in [3.8, 4) is 0 Å². The van der Waals surface area contributed by atoms with Crippen LogP contribution in [0.2, 0.25) is 0 Å². The summed E-state index contributed by atoms with van der Waals surface area (Å²) in [5, 5.41) is 0.560. The molecule has 2 radical (unpaired) electrons. The number of nitrogens with zero attached hydrogens (tertiary/aromatic N) is 2. The highest BCUT2D eigenvalue weighted by atomic mass is 127. The Hall–Kier alpha value is -0.845. The molecule has 0 N–H and O–H groups in total. The Morgan fingerprint density at radius 3 is 2.93 bits per heavy atom. The van der Waals surface area contributed by atoms with Crippen LogP contribution in [0.4, 0.5) is 0 Å². The van der Waals surface area contributed by atoms with E-state index in [1.807, 2.05) is 12.1 Å². The van der Waals surface area contributed by atoms with E-state index in [0.717, 1.165) is 8.05 Å². The Morgan fingerprint density at radius 2 is 2.21 bits per heavy atom. The van der Waals surface area contributed by atoms with E-state index in [2.05, 4.69) is 27.6 Å². The first-order chi connectivity index (χ1) is 6.59. The zero-order valence-corrected chi connectivity index (χ0v) is 9.65. The summed E-state index contributed by atoms with van der Waals surface area (Å²) in [5.41, 5.74) is 0.487. The summed E-state index contributed by atoms with van der Waals surface area (Å²) >= 11 is 2.15. The van der Waals surface area contributed by atoms with Gasteiger partial charge in [0.1, 0.15) is 0 Å². The standard InChI is InChI=1S/C9H6BIN2O/c1-5-12-8-3-2-6(11)4-7(8)9(14)13(5)10/h2-4H,1H3. The van der Waals surface area contributed by atoms with Gasteiger partial charge < -0.3 is 4.48 Å². The Bertz CT molecular complexity index is 564. The SMILES string of the molecule is [B]n1c(C)nc2ccc(I)cc2c1=O. The van der Waals surface area contributed by atoms with Crippen LogP contribution in [-0.2, 0) is 0 Å². The summed E-state index contributed by atoms with van der Waals surface area (Å²) in [6.45, 7) is 1.71. The highest BCUT2D eigenvalue weighted by Gasteiger charge is 2.04. The predicted octanol–water partition coefficient (Wildman–Crippen LogP) is 1.24. The molecule has 68 valence electrons. The van der Waals surface area contributed by atoms with Crippen molar-refractivity contribution in [3.05, 3.63) is 37.9 Å². The smallest absolute Gasteiger partial charge is 0.248 e. The summed E-state index contributed by atoms with van der Waals surface area (Å²) in [6.07, 6.45) is 0. The molecule has 0 atom stereocenters. The van der Waals surface area contributed by atoms with Gasteiger partial charge in [-0.05, 0) is 47.7 Å². The predicted molar refractivity (Wildman–Crippen MR) is 64.6 cm³/mol. The van der Waals surface area contributed by atoms with E-state index >= 15 is 0 Å². The number of hydrogen-bond donors (Lipinski definition) is 0. The van der Waals surface area contributed by atoms with E-state index in [0.29, 0.717) is 16.7 Å². The number of benzene rings is 1. The maximum absolute atomic E-state index is 11.7. The van der Waals surface area contributed by atoms with Crippen LogP contribution in [0.3, 0.4) is 0 Å². The Balaban J connectivity index is 2.99. The number of fused-ring (bicyclic) bond motifs is 1. The van der Waals surface area contributed by atoms with Crippen LogP contribution in [-0.4, -0.2) is 17.4 Å². The number of hydrogen-bond acceptors (Lipinski definition) is 2. The van der Waals surface area contributed by atoms with Crippen LogP contribution in [0.1, 0.15) is 5.82 Å². The van der Waals surface area contributed by atoms with Crippen molar-refractivity contribution in [1.29, 1.82) is 0 Å². The average molecular weight is 296 g/mol. The van der Waals surface area contributed by atoms with Crippen LogP contribution in [0.15, 0.2) is 23.0 Å². The summed E-state index contributed by atoms with van der Waals surface area (Å²) in [7, 11) is 5.54. The number of aromatic nitrogens is 2. The quantitative estimate of drug-likeness (QED) is 0.541. The summed E-state index contributed by atoms with van der Waals surface area (Å²) in [4.78, 5) is 15.9. The molecule has 0 aliphatic rings. The van der Waals surface area contributed by atoms with Crippen LogP contribution in [0, 0.1) is 10.5 Å². The second kappa shape index (κ2) is 3.38. The third kappa shape index (κ3) is 1.45. The second-order valence-corrected chi connectivity index (χ2v) is 4.24. The third-order valence-electron chi connectivity index (χ3n) is 2.04. The third-order valence-corrected chi connectivity index (χ3v) is 2.71. The van der Waals surface area contributed by atoms with Crippen LogP contribution in [0.5, 0.6) is 0 Å². The molecule has 1 aromatic carbocycles. The molecule has 2 aromatic rings. The molecule has 2 rings (SSSR count). The molecule has 1 heterocycles. The molecule has 0 saturated carbocycles. The maximum atomic E-state index is 11.7. The Morgan fingerprint density at radius 1 is 1.50 bits per heavy atom. The van der Waals surface area contributed by atoms with Gasteiger partial charge in [-0.2, -0.15) is 0 Å². The van der Waals surface area contributed by atoms with Crippen molar-refractivity contribution in [1.82, 2.24) is 9.46 Å². The monoisotopic (exact) mass is 296 g/mol. The first-order valence-corrected chi connectivity index (χ1v) is 5.11. The lowest BCUT2D eigenvalue weighted by Crippen LogP contribution is -2.22. The van der Waals surface area contributed by atoms with Crippen LogP contribution < -0.4 is 5.56 Å². The van der Waals surface area contributed by atoms with Crippen molar-refractivity contribution in [2.75, 3.05) is 0 Å². The molecule has 0 spiro atoms. The van der Waals surface area contributed by atoms with E-state index in [1.165, 1.54) is 0 Å². The average Bonchev–Trinajstić information content (AvgIpc) is 2.16. The van der Waals surface area contributed by atoms with E-state index in [-0.39, 0.29) is 5.56 Å². The lowest BCUT2D eigenvalue weighted by atomic mass is 10.2. The lowest BCUT2D eigenvalue weighted by molar-refractivity contribution is 0.986. The molecule has 0 aliphatic carbocycles. The molecule has 0 amide bonds. The van der Waals surface area contributed by atoms with Gasteiger partial charge in [0.05, 0.1) is 16.7 Å². The van der Waals surface area contributed by atoms with Crippen molar-refractivity contribution in [2.24, 2.45) is 0 Å². The molecule has 5 heteroatoms. The molecular weight excluding hydrogens is 290 g/mol. The molecule has 3 nitrogen and oxygen atoms in total. The molecule has 0 bridgehead atoms. The van der Waals surface area contributed by atoms with Crippen molar-refractivity contribution >= 4 is 41.5 Å². The van der Waals surface area contributed by atoms with Gasteiger partial charge in [-0.3, -0.25) is 4.79 Å². The number of halogens is 1. The van der Waals surface area contributed by atoms with Gasteiger partial charge in [0.25, 0.3) is 0 Å². The van der Waals surface area contributed by atoms with Gasteiger partial charge >= 0.3 is 0 Å². The number of aryl methyl sites for hydroxylation is 1. The Kier molecular flexibility index (Phi) is 2.34. The molecule has 0 fully saturated rings. The fraction of sp³-hybridized carbons (Fsp3) is 0.111. The lowest BCUT2D eigenvalue weighted by Gasteiger charge is -2.05. The Labute approximate surface area is 95.7 Å². The van der Waals surface area contributed by atoms with E-state index in [9.17, 15) is 4.79 Å². The molecule has 14 heavy (non-hydrogen) atoms. The van der Waals surface area contributed by atoms with Crippen LogP contribution >= 0.6 is 22.6 Å². The van der Waals surface area contributed by atoms with Crippen molar-refractivity contribution in [2.45, 2.75) is 6.92 Å². The molecule has 0 aliphatic heterocycles. The normalized spacial score (nSPS) is 10.7. The topological polar surface area (TPSA) is 34.9 Å². The molecule has 1 aromatic heterocycles. The summed E-state index contributed by atoms with van der Waals surface area (Å²) < 4.78 is 2.07. The van der Waals surface area contributed by atoms with Gasteiger partial charge in [-0.15, -0.1) is 0 Å². The zero-order chi connectivity index (χ0) is 10.3. The molecule has 0 unspecified atom stereocenters. The summed E-state index contributed by atoms with van der Waals surface area (Å²) in [6, 6.07) is 5.52. The van der Waals surface area contributed by atoms with Gasteiger partial charge in [-0.1, -0.05) is 0 Å². The van der Waals surface area contributed by atoms with E-state index < -0.39 is 0 Å². The fourth-order valence-corrected chi connectivity index (χ4v) is 1.77. The van der Waals surface area contributed by atoms with E-state index in [4.69, 9.17) is 7.98 Å². The highest BCUT2D eigenvalue weighted by Crippen LogP contribution is 2.12.